The number of ether oxygens (including phenoxy) is 1. The molecule has 1 aliphatic rings. The van der Waals surface area contributed by atoms with Crippen molar-refractivity contribution in [2.75, 3.05) is 51.5 Å². The molecule has 3 aromatic carbocycles. The molecule has 8 nitrogen and oxygen atoms in total. The average molecular weight is 570 g/mol. The molecule has 4 aromatic rings. The van der Waals surface area contributed by atoms with E-state index in [2.05, 4.69) is 24.4 Å². The molecule has 41 heavy (non-hydrogen) atoms. The van der Waals surface area contributed by atoms with Gasteiger partial charge in [0.15, 0.2) is 0 Å². The van der Waals surface area contributed by atoms with Crippen molar-refractivity contribution in [1.29, 1.82) is 0 Å². The minimum absolute atomic E-state index is 0.101. The summed E-state index contributed by atoms with van der Waals surface area (Å²) in [7, 11) is 5.54. The zero-order valence-corrected chi connectivity index (χ0v) is 24.6. The number of nitrogens with zero attached hydrogens (tertiary/aromatic N) is 4. The smallest absolute Gasteiger partial charge is 0.240 e. The van der Waals surface area contributed by atoms with Gasteiger partial charge in [-0.15, -0.1) is 11.8 Å². The Labute approximate surface area is 245 Å². The maximum atomic E-state index is 13.8. The third-order valence-electron chi connectivity index (χ3n) is 7.11. The maximum Gasteiger partial charge on any atom is 0.240 e. The number of anilines is 1. The van der Waals surface area contributed by atoms with E-state index in [4.69, 9.17) is 9.84 Å². The predicted molar refractivity (Wildman–Crippen MR) is 165 cm³/mol. The van der Waals surface area contributed by atoms with E-state index in [-0.39, 0.29) is 29.4 Å². The molecule has 1 atom stereocenters. The largest absolute Gasteiger partial charge is 0.497 e. The van der Waals surface area contributed by atoms with E-state index in [1.165, 1.54) is 0 Å². The molecule has 0 spiro atoms. The van der Waals surface area contributed by atoms with Crippen LogP contribution in [0.15, 0.2) is 78.9 Å². The second-order valence-corrected chi connectivity index (χ2v) is 11.3. The highest BCUT2D eigenvalue weighted by Gasteiger charge is 2.38. The standard InChI is InChI=1S/C32H35N5O3S/c1-22-10-8-9-13-26(22)31-29-30(23-11-6-5-7-12-23)34-37(24-14-16-25(40-4)17-15-24)32(29)36(28(39)21-41-31)20-27(38)33-18-19-35(2)3/h5-17,31H,18-21H2,1-4H3,(H,33,38). The van der Waals surface area contributed by atoms with Crippen molar-refractivity contribution in [3.63, 3.8) is 0 Å². The molecule has 1 aromatic heterocycles. The lowest BCUT2D eigenvalue weighted by Crippen LogP contribution is -2.43. The maximum absolute atomic E-state index is 13.8. The number of amides is 2. The second-order valence-electron chi connectivity index (χ2n) is 10.2. The van der Waals surface area contributed by atoms with Gasteiger partial charge in [-0.2, -0.15) is 5.10 Å². The number of carbonyl (C=O) groups excluding carboxylic acids is 2. The molecule has 0 saturated heterocycles. The van der Waals surface area contributed by atoms with Crippen molar-refractivity contribution in [3.8, 4) is 22.7 Å². The summed E-state index contributed by atoms with van der Waals surface area (Å²) >= 11 is 1.58. The molecular formula is C32H35N5O3S. The van der Waals surface area contributed by atoms with Gasteiger partial charge in [0.1, 0.15) is 18.1 Å². The number of likely N-dealkylation sites (N-methyl/N-ethyl adjacent to an activating group) is 1. The van der Waals surface area contributed by atoms with Gasteiger partial charge in [0.25, 0.3) is 0 Å². The number of methoxy groups -OCH3 is 1. The number of benzene rings is 3. The van der Waals surface area contributed by atoms with Gasteiger partial charge < -0.3 is 15.0 Å². The first kappa shape index (κ1) is 28.4. The van der Waals surface area contributed by atoms with Gasteiger partial charge in [-0.05, 0) is 56.4 Å². The lowest BCUT2D eigenvalue weighted by atomic mass is 9.97. The average Bonchev–Trinajstić information content (AvgIpc) is 3.31. The summed E-state index contributed by atoms with van der Waals surface area (Å²) in [6.45, 7) is 3.19. The van der Waals surface area contributed by atoms with Crippen molar-refractivity contribution < 1.29 is 14.3 Å². The molecule has 9 heteroatoms. The minimum Gasteiger partial charge on any atom is -0.497 e. The van der Waals surface area contributed by atoms with Crippen molar-refractivity contribution in [1.82, 2.24) is 20.0 Å². The van der Waals surface area contributed by atoms with Gasteiger partial charge >= 0.3 is 0 Å². The number of thioether (sulfide) groups is 1. The van der Waals surface area contributed by atoms with Crippen LogP contribution < -0.4 is 15.0 Å². The van der Waals surface area contributed by atoms with Crippen LogP contribution in [0.4, 0.5) is 5.82 Å². The van der Waals surface area contributed by atoms with Crippen molar-refractivity contribution in [2.24, 2.45) is 0 Å². The monoisotopic (exact) mass is 569 g/mol. The Kier molecular flexibility index (Phi) is 8.75. The van der Waals surface area contributed by atoms with Crippen LogP contribution in [0.1, 0.15) is 21.9 Å². The Hall–Kier alpha value is -4.08. The molecule has 1 aliphatic heterocycles. The molecule has 1 N–H and O–H groups in total. The quantitative estimate of drug-likeness (QED) is 0.315. The molecule has 212 valence electrons. The van der Waals surface area contributed by atoms with Crippen LogP contribution in [0, 0.1) is 6.92 Å². The lowest BCUT2D eigenvalue weighted by molar-refractivity contribution is -0.122. The van der Waals surface area contributed by atoms with Crippen LogP contribution >= 0.6 is 11.8 Å². The fourth-order valence-corrected chi connectivity index (χ4v) is 6.27. The molecule has 2 heterocycles. The summed E-state index contributed by atoms with van der Waals surface area (Å²) in [4.78, 5) is 30.6. The summed E-state index contributed by atoms with van der Waals surface area (Å²) < 4.78 is 7.20. The minimum atomic E-state index is -0.214. The van der Waals surface area contributed by atoms with Gasteiger partial charge in [0.05, 0.1) is 29.5 Å². The number of aryl methyl sites for hydroxylation is 1. The summed E-state index contributed by atoms with van der Waals surface area (Å²) in [5.41, 5.74) is 5.67. The van der Waals surface area contributed by atoms with Crippen LogP contribution in [-0.2, 0) is 9.59 Å². The second kappa shape index (κ2) is 12.6. The summed E-state index contributed by atoms with van der Waals surface area (Å²) in [5, 5.41) is 7.95. The zero-order valence-electron chi connectivity index (χ0n) is 23.8. The van der Waals surface area contributed by atoms with Crippen LogP contribution in [0.5, 0.6) is 5.75 Å². The number of hydrogen-bond acceptors (Lipinski definition) is 6. The van der Waals surface area contributed by atoms with Crippen LogP contribution in [0.25, 0.3) is 16.9 Å². The molecule has 1 unspecified atom stereocenters. The van der Waals surface area contributed by atoms with E-state index in [1.54, 1.807) is 28.5 Å². The first-order valence-corrected chi connectivity index (χ1v) is 14.6. The van der Waals surface area contributed by atoms with Gasteiger partial charge in [-0.25, -0.2) is 4.68 Å². The molecule has 5 rings (SSSR count). The number of aromatic nitrogens is 2. The highest BCUT2D eigenvalue weighted by Crippen LogP contribution is 2.49. The normalized spacial score (nSPS) is 15.0. The fourth-order valence-electron chi connectivity index (χ4n) is 4.98. The van der Waals surface area contributed by atoms with Crippen LogP contribution in [-0.4, -0.2) is 73.1 Å². The number of nitrogens with one attached hydrogen (secondary N) is 1. The van der Waals surface area contributed by atoms with Crippen molar-refractivity contribution in [2.45, 2.75) is 12.2 Å². The highest BCUT2D eigenvalue weighted by atomic mass is 32.2. The van der Waals surface area contributed by atoms with Crippen molar-refractivity contribution >= 4 is 29.4 Å². The van der Waals surface area contributed by atoms with E-state index in [9.17, 15) is 9.59 Å². The molecule has 0 bridgehead atoms. The number of hydrogen-bond donors (Lipinski definition) is 1. The van der Waals surface area contributed by atoms with Gasteiger partial charge in [0.2, 0.25) is 11.8 Å². The Morgan fingerprint density at radius 1 is 1.05 bits per heavy atom. The molecule has 0 aliphatic carbocycles. The number of carbonyl (C=O) groups is 2. The summed E-state index contributed by atoms with van der Waals surface area (Å²) in [6.07, 6.45) is 0. The summed E-state index contributed by atoms with van der Waals surface area (Å²) in [5.74, 6) is 1.21. The van der Waals surface area contributed by atoms with Crippen LogP contribution in [0.3, 0.4) is 0 Å². The van der Waals surface area contributed by atoms with E-state index in [0.29, 0.717) is 18.9 Å². The number of fused-ring (bicyclic) bond motifs is 1. The molecule has 0 radical (unpaired) electrons. The fraction of sp³-hybridized carbons (Fsp3) is 0.281. The number of rotatable bonds is 9. The predicted octanol–water partition coefficient (Wildman–Crippen LogP) is 4.70. The third kappa shape index (κ3) is 6.16. The van der Waals surface area contributed by atoms with E-state index < -0.39 is 0 Å². The van der Waals surface area contributed by atoms with E-state index in [1.807, 2.05) is 85.7 Å². The Balaban J connectivity index is 1.73. The molecule has 0 fully saturated rings. The Bertz CT molecular complexity index is 1520. The zero-order chi connectivity index (χ0) is 28.9. The first-order valence-electron chi connectivity index (χ1n) is 13.6. The van der Waals surface area contributed by atoms with Gasteiger partial charge in [-0.3, -0.25) is 14.5 Å². The third-order valence-corrected chi connectivity index (χ3v) is 8.34. The van der Waals surface area contributed by atoms with Crippen LogP contribution in [0.2, 0.25) is 0 Å². The Morgan fingerprint density at radius 3 is 2.44 bits per heavy atom. The molecule has 0 saturated carbocycles. The topological polar surface area (TPSA) is 79.7 Å². The SMILES string of the molecule is COc1ccc(-n2nc(-c3ccccc3)c3c2N(CC(=O)NCCN(C)C)C(=O)CSC3c2ccccc2C)cc1. The van der Waals surface area contributed by atoms with Crippen molar-refractivity contribution in [3.05, 3.63) is 95.6 Å². The van der Waals surface area contributed by atoms with Gasteiger partial charge in [0, 0.05) is 24.2 Å². The molecular weight excluding hydrogens is 534 g/mol. The van der Waals surface area contributed by atoms with E-state index >= 15 is 0 Å². The molecule has 2 amide bonds. The first-order chi connectivity index (χ1) is 19.9. The van der Waals surface area contributed by atoms with E-state index in [0.717, 1.165) is 39.4 Å². The highest BCUT2D eigenvalue weighted by molar-refractivity contribution is 8.00. The van der Waals surface area contributed by atoms with Gasteiger partial charge in [-0.1, -0.05) is 54.6 Å². The summed E-state index contributed by atoms with van der Waals surface area (Å²) in [6, 6.07) is 25.9. The lowest BCUT2D eigenvalue weighted by Gasteiger charge is -2.23. The Morgan fingerprint density at radius 2 is 1.76 bits per heavy atom.